The summed E-state index contributed by atoms with van der Waals surface area (Å²) in [5.41, 5.74) is 0.974. The Morgan fingerprint density at radius 2 is 2.29 bits per heavy atom. The molecule has 3 rings (SSSR count). The molecule has 0 N–H and O–H groups in total. The lowest BCUT2D eigenvalue weighted by molar-refractivity contribution is 1.01. The molecular weight excluding hydrogens is 194 g/mol. The maximum atomic E-state index is 4.32. The minimum absolute atomic E-state index is 0.974. The molecular formula is C10H7N3S. The second-order valence-electron chi connectivity index (χ2n) is 3.13. The predicted molar refractivity (Wildman–Crippen MR) is 57.5 cm³/mol. The van der Waals surface area contributed by atoms with Crippen LogP contribution in [0.25, 0.3) is 20.3 Å². The number of thiophene rings is 1. The van der Waals surface area contributed by atoms with Crippen LogP contribution in [-0.4, -0.2) is 15.2 Å². The van der Waals surface area contributed by atoms with E-state index < -0.39 is 0 Å². The molecule has 0 atom stereocenters. The Labute approximate surface area is 84.4 Å². The first kappa shape index (κ1) is 7.82. The summed E-state index contributed by atoms with van der Waals surface area (Å²) >= 11 is 1.66. The van der Waals surface area contributed by atoms with E-state index in [1.165, 1.54) is 10.8 Å². The van der Waals surface area contributed by atoms with Gasteiger partial charge in [0.1, 0.15) is 4.83 Å². The molecule has 0 unspecified atom stereocenters. The fraction of sp³-hybridized carbons (Fsp3) is 0.100. The molecule has 0 aliphatic carbocycles. The average molecular weight is 201 g/mol. The van der Waals surface area contributed by atoms with E-state index in [-0.39, 0.29) is 0 Å². The molecule has 3 aromatic heterocycles. The zero-order chi connectivity index (χ0) is 9.54. The van der Waals surface area contributed by atoms with Crippen LogP contribution in [0.1, 0.15) is 5.69 Å². The molecule has 0 saturated heterocycles. The highest BCUT2D eigenvalue weighted by Gasteiger charge is 2.07. The number of aryl methyl sites for hydroxylation is 1. The quantitative estimate of drug-likeness (QED) is 0.561. The number of rotatable bonds is 0. The normalized spacial score (nSPS) is 11.2. The van der Waals surface area contributed by atoms with Gasteiger partial charge in [-0.2, -0.15) is 10.2 Å². The molecule has 0 spiro atoms. The Morgan fingerprint density at radius 3 is 3.21 bits per heavy atom. The van der Waals surface area contributed by atoms with Crippen molar-refractivity contribution in [1.29, 1.82) is 0 Å². The lowest BCUT2D eigenvalue weighted by atomic mass is 10.2. The summed E-state index contributed by atoms with van der Waals surface area (Å²) in [6, 6.07) is 4.03. The van der Waals surface area contributed by atoms with Crippen LogP contribution in [0.2, 0.25) is 0 Å². The van der Waals surface area contributed by atoms with Crippen molar-refractivity contribution in [2.24, 2.45) is 0 Å². The van der Waals surface area contributed by atoms with Crippen LogP contribution >= 0.6 is 11.3 Å². The van der Waals surface area contributed by atoms with Crippen molar-refractivity contribution < 1.29 is 0 Å². The van der Waals surface area contributed by atoms with Crippen LogP contribution in [0.4, 0.5) is 0 Å². The largest absolute Gasteiger partial charge is 0.245 e. The van der Waals surface area contributed by atoms with Gasteiger partial charge in [0.05, 0.1) is 16.6 Å². The van der Waals surface area contributed by atoms with Crippen LogP contribution in [0.3, 0.4) is 0 Å². The number of pyridine rings is 1. The summed E-state index contributed by atoms with van der Waals surface area (Å²) in [7, 11) is 0. The summed E-state index contributed by atoms with van der Waals surface area (Å²) in [5.74, 6) is 0. The lowest BCUT2D eigenvalue weighted by Crippen LogP contribution is -1.84. The van der Waals surface area contributed by atoms with Gasteiger partial charge in [-0.1, -0.05) is 0 Å². The first-order chi connectivity index (χ1) is 6.86. The Morgan fingerprint density at radius 1 is 1.36 bits per heavy atom. The molecule has 68 valence electrons. The summed E-state index contributed by atoms with van der Waals surface area (Å²) in [6.45, 7) is 1.98. The third-order valence-electron chi connectivity index (χ3n) is 2.24. The van der Waals surface area contributed by atoms with Gasteiger partial charge >= 0.3 is 0 Å². The first-order valence-corrected chi connectivity index (χ1v) is 5.13. The highest BCUT2D eigenvalue weighted by atomic mass is 32.1. The summed E-state index contributed by atoms with van der Waals surface area (Å²) in [6.07, 6.45) is 3.61. The molecule has 0 amide bonds. The van der Waals surface area contributed by atoms with E-state index >= 15 is 0 Å². The molecule has 3 heterocycles. The van der Waals surface area contributed by atoms with E-state index in [0.29, 0.717) is 0 Å². The van der Waals surface area contributed by atoms with Gasteiger partial charge in [0.2, 0.25) is 0 Å². The molecule has 0 fully saturated rings. The SMILES string of the molecule is Cc1nncc2sc3ncccc3c12. The van der Waals surface area contributed by atoms with Gasteiger partial charge in [-0.05, 0) is 19.1 Å². The Kier molecular flexibility index (Phi) is 1.52. The fourth-order valence-electron chi connectivity index (χ4n) is 1.63. The minimum Gasteiger partial charge on any atom is -0.245 e. The zero-order valence-corrected chi connectivity index (χ0v) is 8.38. The van der Waals surface area contributed by atoms with E-state index in [2.05, 4.69) is 21.2 Å². The van der Waals surface area contributed by atoms with Crippen molar-refractivity contribution in [2.75, 3.05) is 0 Å². The molecule has 0 aliphatic rings. The van der Waals surface area contributed by atoms with Gasteiger partial charge in [0, 0.05) is 17.0 Å². The molecule has 14 heavy (non-hydrogen) atoms. The van der Waals surface area contributed by atoms with Gasteiger partial charge in [-0.25, -0.2) is 4.98 Å². The highest BCUT2D eigenvalue weighted by Crippen LogP contribution is 2.32. The van der Waals surface area contributed by atoms with E-state index in [0.717, 1.165) is 15.2 Å². The van der Waals surface area contributed by atoms with Crippen LogP contribution in [0.5, 0.6) is 0 Å². The molecule has 3 nitrogen and oxygen atoms in total. The predicted octanol–water partition coefficient (Wildman–Crippen LogP) is 2.55. The van der Waals surface area contributed by atoms with Gasteiger partial charge < -0.3 is 0 Å². The van der Waals surface area contributed by atoms with Gasteiger partial charge in [-0.15, -0.1) is 11.3 Å². The Balaban J connectivity index is 2.65. The molecule has 0 aromatic carbocycles. The monoisotopic (exact) mass is 201 g/mol. The highest BCUT2D eigenvalue weighted by molar-refractivity contribution is 7.25. The smallest absolute Gasteiger partial charge is 0.124 e. The van der Waals surface area contributed by atoms with Crippen molar-refractivity contribution in [1.82, 2.24) is 15.2 Å². The van der Waals surface area contributed by atoms with Gasteiger partial charge in [0.15, 0.2) is 0 Å². The van der Waals surface area contributed by atoms with Crippen LogP contribution < -0.4 is 0 Å². The molecule has 0 aliphatic heterocycles. The van der Waals surface area contributed by atoms with E-state index in [4.69, 9.17) is 0 Å². The number of aromatic nitrogens is 3. The fourth-order valence-corrected chi connectivity index (χ4v) is 2.69. The van der Waals surface area contributed by atoms with Crippen molar-refractivity contribution in [2.45, 2.75) is 6.92 Å². The molecule has 0 bridgehead atoms. The topological polar surface area (TPSA) is 38.7 Å². The number of fused-ring (bicyclic) bond motifs is 3. The third kappa shape index (κ3) is 0.943. The van der Waals surface area contributed by atoms with Crippen molar-refractivity contribution in [3.05, 3.63) is 30.2 Å². The van der Waals surface area contributed by atoms with Crippen LogP contribution in [0, 0.1) is 6.92 Å². The van der Waals surface area contributed by atoms with E-state index in [9.17, 15) is 0 Å². The van der Waals surface area contributed by atoms with Crippen LogP contribution in [-0.2, 0) is 0 Å². The summed E-state index contributed by atoms with van der Waals surface area (Å²) in [4.78, 5) is 5.38. The lowest BCUT2D eigenvalue weighted by Gasteiger charge is -1.92. The first-order valence-electron chi connectivity index (χ1n) is 4.32. The van der Waals surface area contributed by atoms with E-state index in [1.54, 1.807) is 17.5 Å². The third-order valence-corrected chi connectivity index (χ3v) is 3.29. The average Bonchev–Trinajstić information content (AvgIpc) is 2.57. The van der Waals surface area contributed by atoms with Crippen molar-refractivity contribution in [3.8, 4) is 0 Å². The summed E-state index contributed by atoms with van der Waals surface area (Å²) in [5, 5.41) is 10.4. The number of nitrogens with zero attached hydrogens (tertiary/aromatic N) is 3. The Bertz CT molecular complexity index is 615. The maximum absolute atomic E-state index is 4.32. The molecule has 0 radical (unpaired) electrons. The molecule has 0 saturated carbocycles. The standard InChI is InChI=1S/C10H7N3S/c1-6-9-7-3-2-4-11-10(7)14-8(9)5-12-13-6/h2-5H,1H3. The van der Waals surface area contributed by atoms with Crippen molar-refractivity contribution >= 4 is 31.6 Å². The minimum atomic E-state index is 0.974. The Hall–Kier alpha value is -1.55. The second-order valence-corrected chi connectivity index (χ2v) is 4.16. The van der Waals surface area contributed by atoms with E-state index in [1.807, 2.05) is 19.2 Å². The number of hydrogen-bond donors (Lipinski definition) is 0. The van der Waals surface area contributed by atoms with Crippen molar-refractivity contribution in [3.63, 3.8) is 0 Å². The number of hydrogen-bond acceptors (Lipinski definition) is 4. The maximum Gasteiger partial charge on any atom is 0.124 e. The van der Waals surface area contributed by atoms with Gasteiger partial charge in [-0.3, -0.25) is 0 Å². The van der Waals surface area contributed by atoms with Gasteiger partial charge in [0.25, 0.3) is 0 Å². The second kappa shape index (κ2) is 2.72. The molecule has 4 heteroatoms. The zero-order valence-electron chi connectivity index (χ0n) is 7.56. The van der Waals surface area contributed by atoms with Crippen LogP contribution in [0.15, 0.2) is 24.5 Å². The molecule has 3 aromatic rings. The summed E-state index contributed by atoms with van der Waals surface area (Å²) < 4.78 is 1.16.